The van der Waals surface area contributed by atoms with Crippen molar-refractivity contribution in [2.24, 2.45) is 0 Å². The van der Waals surface area contributed by atoms with Gasteiger partial charge in [-0.15, -0.1) is 0 Å². The van der Waals surface area contributed by atoms with E-state index in [1.807, 2.05) is 6.92 Å². The van der Waals surface area contributed by atoms with Crippen molar-refractivity contribution in [1.82, 2.24) is 9.97 Å². The Morgan fingerprint density at radius 3 is 2.65 bits per heavy atom. The number of hydrogen-bond donors (Lipinski definition) is 1. The Labute approximate surface area is 123 Å². The highest BCUT2D eigenvalue weighted by atomic mass is 32.1. The minimum atomic E-state index is 0.684. The Kier molecular flexibility index (Phi) is 3.36. The smallest absolute Gasteiger partial charge is 0.133 e. The van der Waals surface area contributed by atoms with Gasteiger partial charge < -0.3 is 4.98 Å². The quantitative estimate of drug-likeness (QED) is 0.681. The standard InChI is InChI=1S/C17H16N2S/c1-3-15-18-16(11(2)17(20)19-15)14-10-6-8-12-7-4-5-9-13(12)14/h4-10H,3H2,1-2H3,(H,18,19,20). The van der Waals surface area contributed by atoms with E-state index in [0.29, 0.717) is 4.64 Å². The first kappa shape index (κ1) is 13.0. The Bertz CT molecular complexity index is 829. The Balaban J connectivity index is 2.36. The van der Waals surface area contributed by atoms with E-state index in [1.165, 1.54) is 16.3 Å². The largest absolute Gasteiger partial charge is 0.343 e. The van der Waals surface area contributed by atoms with Gasteiger partial charge in [-0.25, -0.2) is 4.98 Å². The van der Waals surface area contributed by atoms with Gasteiger partial charge in [0.2, 0.25) is 0 Å². The number of nitrogens with zero attached hydrogens (tertiary/aromatic N) is 1. The van der Waals surface area contributed by atoms with Crippen molar-refractivity contribution in [3.8, 4) is 11.3 Å². The van der Waals surface area contributed by atoms with Crippen LogP contribution in [0.1, 0.15) is 18.3 Å². The molecule has 0 fully saturated rings. The van der Waals surface area contributed by atoms with E-state index in [2.05, 4.69) is 59.4 Å². The van der Waals surface area contributed by atoms with Crippen LogP contribution in [0.2, 0.25) is 0 Å². The Hall–Kier alpha value is -2.00. The predicted molar refractivity (Wildman–Crippen MR) is 86.5 cm³/mol. The monoisotopic (exact) mass is 280 g/mol. The topological polar surface area (TPSA) is 28.7 Å². The lowest BCUT2D eigenvalue weighted by molar-refractivity contribution is 0.926. The van der Waals surface area contributed by atoms with Crippen molar-refractivity contribution in [1.29, 1.82) is 0 Å². The molecular weight excluding hydrogens is 264 g/mol. The lowest BCUT2D eigenvalue weighted by Gasteiger charge is -2.11. The maximum absolute atomic E-state index is 5.39. The molecule has 0 atom stereocenters. The SMILES string of the molecule is CCc1nc(=S)c(C)c(-c2cccc3ccccc23)[nH]1. The summed E-state index contributed by atoms with van der Waals surface area (Å²) in [5.41, 5.74) is 3.30. The number of benzene rings is 2. The second-order valence-corrected chi connectivity index (χ2v) is 5.26. The highest BCUT2D eigenvalue weighted by Crippen LogP contribution is 2.29. The van der Waals surface area contributed by atoms with Crippen molar-refractivity contribution in [3.63, 3.8) is 0 Å². The van der Waals surface area contributed by atoms with Crippen LogP contribution in [0, 0.1) is 11.6 Å². The molecule has 3 rings (SSSR count). The fourth-order valence-corrected chi connectivity index (χ4v) is 2.67. The predicted octanol–water partition coefficient (Wildman–Crippen LogP) is 4.83. The molecule has 0 radical (unpaired) electrons. The molecular formula is C17H16N2S. The highest BCUT2D eigenvalue weighted by Gasteiger charge is 2.09. The van der Waals surface area contributed by atoms with Crippen LogP contribution in [-0.4, -0.2) is 9.97 Å². The van der Waals surface area contributed by atoms with E-state index in [-0.39, 0.29) is 0 Å². The second-order valence-electron chi connectivity index (χ2n) is 4.87. The van der Waals surface area contributed by atoms with Gasteiger partial charge in [-0.05, 0) is 17.7 Å². The zero-order valence-corrected chi connectivity index (χ0v) is 12.4. The number of aryl methyl sites for hydroxylation is 1. The van der Waals surface area contributed by atoms with Crippen molar-refractivity contribution >= 4 is 23.0 Å². The van der Waals surface area contributed by atoms with E-state index in [1.54, 1.807) is 0 Å². The molecule has 0 aliphatic heterocycles. The summed E-state index contributed by atoms with van der Waals surface area (Å²) in [7, 11) is 0. The summed E-state index contributed by atoms with van der Waals surface area (Å²) in [4.78, 5) is 7.85. The first-order valence-corrected chi connectivity index (χ1v) is 7.19. The number of aromatic nitrogens is 2. The molecule has 3 heteroatoms. The van der Waals surface area contributed by atoms with Crippen molar-refractivity contribution < 1.29 is 0 Å². The van der Waals surface area contributed by atoms with Crippen LogP contribution in [0.25, 0.3) is 22.0 Å². The summed E-state index contributed by atoms with van der Waals surface area (Å²) in [6.07, 6.45) is 0.849. The van der Waals surface area contributed by atoms with Crippen LogP contribution in [0.4, 0.5) is 0 Å². The van der Waals surface area contributed by atoms with Crippen molar-refractivity contribution in [3.05, 3.63) is 58.5 Å². The van der Waals surface area contributed by atoms with Gasteiger partial charge in [0.1, 0.15) is 10.5 Å². The molecule has 1 heterocycles. The molecule has 0 saturated heterocycles. The second kappa shape index (κ2) is 5.17. The first-order chi connectivity index (χ1) is 9.70. The fraction of sp³-hybridized carbons (Fsp3) is 0.176. The van der Waals surface area contributed by atoms with Gasteiger partial charge in [0.25, 0.3) is 0 Å². The lowest BCUT2D eigenvalue weighted by Crippen LogP contribution is -1.99. The molecule has 1 aromatic heterocycles. The molecule has 0 spiro atoms. The Morgan fingerprint density at radius 2 is 1.85 bits per heavy atom. The van der Waals surface area contributed by atoms with Crippen LogP contribution < -0.4 is 0 Å². The molecule has 3 aromatic rings. The number of H-pyrrole nitrogens is 1. The third kappa shape index (κ3) is 2.14. The minimum Gasteiger partial charge on any atom is -0.343 e. The number of aromatic amines is 1. The van der Waals surface area contributed by atoms with Crippen LogP contribution in [-0.2, 0) is 6.42 Å². The van der Waals surface area contributed by atoms with Crippen LogP contribution in [0.15, 0.2) is 42.5 Å². The van der Waals surface area contributed by atoms with Gasteiger partial charge in [-0.2, -0.15) is 0 Å². The molecule has 0 saturated carbocycles. The van der Waals surface area contributed by atoms with Crippen molar-refractivity contribution in [2.45, 2.75) is 20.3 Å². The normalized spacial score (nSPS) is 10.9. The number of rotatable bonds is 2. The number of hydrogen-bond acceptors (Lipinski definition) is 2. The molecule has 0 bridgehead atoms. The first-order valence-electron chi connectivity index (χ1n) is 6.78. The number of nitrogens with one attached hydrogen (secondary N) is 1. The summed E-state index contributed by atoms with van der Waals surface area (Å²) in [6.45, 7) is 4.11. The summed E-state index contributed by atoms with van der Waals surface area (Å²) < 4.78 is 0.684. The van der Waals surface area contributed by atoms with Gasteiger partial charge >= 0.3 is 0 Å². The van der Waals surface area contributed by atoms with Crippen LogP contribution in [0.5, 0.6) is 0 Å². The molecule has 2 nitrogen and oxygen atoms in total. The fourth-order valence-electron chi connectivity index (χ4n) is 2.46. The molecule has 0 amide bonds. The summed E-state index contributed by atoms with van der Waals surface area (Å²) in [5, 5.41) is 2.47. The van der Waals surface area contributed by atoms with Crippen LogP contribution >= 0.6 is 12.2 Å². The summed E-state index contributed by atoms with van der Waals surface area (Å²) in [5.74, 6) is 0.934. The van der Waals surface area contributed by atoms with Crippen LogP contribution in [0.3, 0.4) is 0 Å². The molecule has 20 heavy (non-hydrogen) atoms. The molecule has 0 aliphatic rings. The lowest BCUT2D eigenvalue weighted by atomic mass is 10.00. The maximum Gasteiger partial charge on any atom is 0.133 e. The minimum absolute atomic E-state index is 0.684. The van der Waals surface area contributed by atoms with Gasteiger partial charge in [0, 0.05) is 17.5 Å². The Morgan fingerprint density at radius 1 is 1.10 bits per heavy atom. The van der Waals surface area contributed by atoms with Crippen molar-refractivity contribution in [2.75, 3.05) is 0 Å². The molecule has 2 aromatic carbocycles. The third-order valence-electron chi connectivity index (χ3n) is 3.60. The van der Waals surface area contributed by atoms with Gasteiger partial charge in [-0.1, -0.05) is 61.6 Å². The molecule has 1 N–H and O–H groups in total. The molecule has 100 valence electrons. The van der Waals surface area contributed by atoms with E-state index in [4.69, 9.17) is 12.2 Å². The summed E-state index contributed by atoms with van der Waals surface area (Å²) in [6, 6.07) is 14.8. The van der Waals surface area contributed by atoms with Gasteiger partial charge in [0.05, 0.1) is 5.69 Å². The van der Waals surface area contributed by atoms with Gasteiger partial charge in [-0.3, -0.25) is 0 Å². The van der Waals surface area contributed by atoms with E-state index < -0.39 is 0 Å². The van der Waals surface area contributed by atoms with E-state index >= 15 is 0 Å². The van der Waals surface area contributed by atoms with E-state index in [9.17, 15) is 0 Å². The zero-order valence-electron chi connectivity index (χ0n) is 11.6. The average molecular weight is 280 g/mol. The summed E-state index contributed by atoms with van der Waals surface area (Å²) >= 11 is 5.39. The highest BCUT2D eigenvalue weighted by molar-refractivity contribution is 7.71. The molecule has 0 unspecified atom stereocenters. The number of fused-ring (bicyclic) bond motifs is 1. The third-order valence-corrected chi connectivity index (χ3v) is 3.99. The van der Waals surface area contributed by atoms with Gasteiger partial charge in [0.15, 0.2) is 0 Å². The average Bonchev–Trinajstić information content (AvgIpc) is 2.49. The maximum atomic E-state index is 5.39. The van der Waals surface area contributed by atoms with E-state index in [0.717, 1.165) is 23.5 Å². The molecule has 0 aliphatic carbocycles. The zero-order chi connectivity index (χ0) is 14.1.